The molecule has 0 unspecified atom stereocenters. The number of hydrogen-bond donors (Lipinski definition) is 0. The van der Waals surface area contributed by atoms with E-state index in [1.165, 1.54) is 22.9 Å². The lowest BCUT2D eigenvalue weighted by Crippen LogP contribution is -2.27. The van der Waals surface area contributed by atoms with E-state index in [2.05, 4.69) is 39.0 Å². The zero-order valence-corrected chi connectivity index (χ0v) is 22.5. The summed E-state index contributed by atoms with van der Waals surface area (Å²) in [4.78, 5) is 15.2. The highest BCUT2D eigenvalue weighted by Crippen LogP contribution is 2.34. The second-order valence-electron chi connectivity index (χ2n) is 9.07. The summed E-state index contributed by atoms with van der Waals surface area (Å²) in [6.45, 7) is 8.05. The Morgan fingerprint density at radius 1 is 0.972 bits per heavy atom. The quantitative estimate of drug-likeness (QED) is 0.159. The molecule has 0 aliphatic carbocycles. The molecular weight excluding hydrogens is 486 g/mol. The van der Waals surface area contributed by atoms with Crippen molar-refractivity contribution in [1.29, 1.82) is 0 Å². The largest absolute Gasteiger partial charge is 0.493 e. The summed E-state index contributed by atoms with van der Waals surface area (Å²) in [5.41, 5.74) is 4.38. The molecule has 1 amide bonds. The molecule has 3 aromatic carbocycles. The molecule has 0 saturated carbocycles. The molecule has 6 heteroatoms. The SMILES string of the molecule is Cc1ccc(C(C)C)c(OCCCOc2cccc(/C=C3\SC(=S)N(Cc4ccccc4)C3=O)c2)c1. The molecule has 4 rings (SSSR count). The van der Waals surface area contributed by atoms with Crippen molar-refractivity contribution in [3.8, 4) is 11.5 Å². The third-order valence-corrected chi connectivity index (χ3v) is 7.20. The first-order chi connectivity index (χ1) is 17.4. The van der Waals surface area contributed by atoms with Crippen LogP contribution in [0.1, 0.15) is 48.4 Å². The fourth-order valence-corrected chi connectivity index (χ4v) is 5.18. The van der Waals surface area contributed by atoms with Crippen molar-refractivity contribution in [1.82, 2.24) is 4.90 Å². The van der Waals surface area contributed by atoms with E-state index >= 15 is 0 Å². The molecule has 1 aliphatic heterocycles. The van der Waals surface area contributed by atoms with Gasteiger partial charge >= 0.3 is 0 Å². The molecule has 0 spiro atoms. The van der Waals surface area contributed by atoms with Crippen LogP contribution < -0.4 is 9.47 Å². The average Bonchev–Trinajstić information content (AvgIpc) is 3.12. The minimum absolute atomic E-state index is 0.0609. The Balaban J connectivity index is 1.31. The standard InChI is InChI=1S/C30H31NO3S2/c1-21(2)26-14-13-22(3)17-27(26)34-16-8-15-33-25-12-7-11-24(18-25)19-28-29(32)31(30(35)36-28)20-23-9-5-4-6-10-23/h4-7,9-14,17-19,21H,8,15-16,20H2,1-3H3/b28-19-. The smallest absolute Gasteiger partial charge is 0.266 e. The topological polar surface area (TPSA) is 38.8 Å². The molecule has 3 aromatic rings. The Hall–Kier alpha value is -3.09. The Bertz CT molecular complexity index is 1250. The Morgan fingerprint density at radius 2 is 1.75 bits per heavy atom. The van der Waals surface area contributed by atoms with Gasteiger partial charge in [-0.25, -0.2) is 0 Å². The van der Waals surface area contributed by atoms with Crippen LogP contribution in [0.4, 0.5) is 0 Å². The van der Waals surface area contributed by atoms with Crippen LogP contribution in [-0.2, 0) is 11.3 Å². The lowest BCUT2D eigenvalue weighted by molar-refractivity contribution is -0.122. The van der Waals surface area contributed by atoms with Crippen LogP contribution in [0.15, 0.2) is 77.7 Å². The Kier molecular flexibility index (Phi) is 8.83. The molecular formula is C30H31NO3S2. The number of hydrogen-bond acceptors (Lipinski definition) is 5. The molecule has 1 heterocycles. The minimum atomic E-state index is -0.0609. The summed E-state index contributed by atoms with van der Waals surface area (Å²) >= 11 is 6.81. The van der Waals surface area contributed by atoms with Gasteiger partial charge in [-0.2, -0.15) is 0 Å². The molecule has 4 nitrogen and oxygen atoms in total. The van der Waals surface area contributed by atoms with Gasteiger partial charge in [0.25, 0.3) is 5.91 Å². The monoisotopic (exact) mass is 517 g/mol. The predicted molar refractivity (Wildman–Crippen MR) is 152 cm³/mol. The Labute approximate surface area is 223 Å². The highest BCUT2D eigenvalue weighted by molar-refractivity contribution is 8.26. The molecule has 1 aliphatic rings. The first-order valence-corrected chi connectivity index (χ1v) is 13.4. The molecule has 1 saturated heterocycles. The Morgan fingerprint density at radius 3 is 2.53 bits per heavy atom. The molecule has 1 fully saturated rings. The number of carbonyl (C=O) groups is 1. The van der Waals surface area contributed by atoms with Gasteiger partial charge in [-0.1, -0.05) is 92.4 Å². The zero-order chi connectivity index (χ0) is 25.5. The number of carbonyl (C=O) groups excluding carboxylic acids is 1. The number of aryl methyl sites for hydroxylation is 1. The normalized spacial score (nSPS) is 14.7. The van der Waals surface area contributed by atoms with Gasteiger partial charge in [0.15, 0.2) is 0 Å². The lowest BCUT2D eigenvalue weighted by atomic mass is 10.0. The van der Waals surface area contributed by atoms with Gasteiger partial charge in [0, 0.05) is 6.42 Å². The van der Waals surface area contributed by atoms with E-state index in [1.807, 2.05) is 60.7 Å². The maximum atomic E-state index is 13.0. The fraction of sp³-hybridized carbons (Fsp3) is 0.267. The number of thiocarbonyl (C=S) groups is 1. The summed E-state index contributed by atoms with van der Waals surface area (Å²) in [5, 5.41) is 0. The molecule has 186 valence electrons. The number of benzene rings is 3. The number of nitrogens with zero attached hydrogens (tertiary/aromatic N) is 1. The van der Waals surface area contributed by atoms with E-state index in [-0.39, 0.29) is 5.91 Å². The maximum absolute atomic E-state index is 13.0. The van der Waals surface area contributed by atoms with Crippen LogP contribution in [0.2, 0.25) is 0 Å². The van der Waals surface area contributed by atoms with Crippen molar-refractivity contribution in [2.75, 3.05) is 13.2 Å². The van der Waals surface area contributed by atoms with Gasteiger partial charge in [-0.15, -0.1) is 0 Å². The zero-order valence-electron chi connectivity index (χ0n) is 20.9. The van der Waals surface area contributed by atoms with Gasteiger partial charge in [0.1, 0.15) is 15.8 Å². The van der Waals surface area contributed by atoms with Crippen molar-refractivity contribution in [2.45, 2.75) is 39.7 Å². The van der Waals surface area contributed by atoms with Crippen LogP contribution in [0.5, 0.6) is 11.5 Å². The van der Waals surface area contributed by atoms with Crippen molar-refractivity contribution in [2.24, 2.45) is 0 Å². The van der Waals surface area contributed by atoms with Crippen molar-refractivity contribution in [3.05, 3.63) is 100.0 Å². The van der Waals surface area contributed by atoms with Crippen LogP contribution in [0.3, 0.4) is 0 Å². The molecule has 0 radical (unpaired) electrons. The molecule has 0 aromatic heterocycles. The highest BCUT2D eigenvalue weighted by Gasteiger charge is 2.31. The molecule has 0 atom stereocenters. The predicted octanol–water partition coefficient (Wildman–Crippen LogP) is 7.37. The van der Waals surface area contributed by atoms with Crippen molar-refractivity contribution >= 4 is 40.3 Å². The van der Waals surface area contributed by atoms with E-state index in [0.29, 0.717) is 34.9 Å². The number of rotatable bonds is 10. The molecule has 0 bridgehead atoms. The van der Waals surface area contributed by atoms with E-state index < -0.39 is 0 Å². The summed E-state index contributed by atoms with van der Waals surface area (Å²) in [5.74, 6) is 2.08. The number of thioether (sulfide) groups is 1. The van der Waals surface area contributed by atoms with Gasteiger partial charge in [-0.05, 0) is 59.4 Å². The van der Waals surface area contributed by atoms with Crippen LogP contribution in [-0.4, -0.2) is 28.3 Å². The third-order valence-electron chi connectivity index (χ3n) is 5.82. The highest BCUT2D eigenvalue weighted by atomic mass is 32.2. The minimum Gasteiger partial charge on any atom is -0.493 e. The van der Waals surface area contributed by atoms with E-state index in [9.17, 15) is 4.79 Å². The van der Waals surface area contributed by atoms with Gasteiger partial charge in [0.2, 0.25) is 0 Å². The second-order valence-corrected chi connectivity index (χ2v) is 10.7. The average molecular weight is 518 g/mol. The summed E-state index contributed by atoms with van der Waals surface area (Å²) in [6, 6.07) is 24.0. The van der Waals surface area contributed by atoms with Crippen molar-refractivity contribution in [3.63, 3.8) is 0 Å². The second kappa shape index (κ2) is 12.2. The van der Waals surface area contributed by atoms with Crippen LogP contribution in [0, 0.1) is 6.92 Å². The van der Waals surface area contributed by atoms with Crippen LogP contribution >= 0.6 is 24.0 Å². The van der Waals surface area contributed by atoms with E-state index in [0.717, 1.165) is 29.0 Å². The number of ether oxygens (including phenoxy) is 2. The summed E-state index contributed by atoms with van der Waals surface area (Å²) in [6.07, 6.45) is 2.65. The first-order valence-electron chi connectivity index (χ1n) is 12.2. The molecule has 0 N–H and O–H groups in total. The summed E-state index contributed by atoms with van der Waals surface area (Å²) in [7, 11) is 0. The maximum Gasteiger partial charge on any atom is 0.266 e. The molecule has 36 heavy (non-hydrogen) atoms. The van der Waals surface area contributed by atoms with Gasteiger partial charge in [-0.3, -0.25) is 9.69 Å². The van der Waals surface area contributed by atoms with E-state index in [4.69, 9.17) is 21.7 Å². The lowest BCUT2D eigenvalue weighted by Gasteiger charge is -2.15. The number of amides is 1. The third kappa shape index (κ3) is 6.77. The van der Waals surface area contributed by atoms with Gasteiger partial charge in [0.05, 0.1) is 24.7 Å². The van der Waals surface area contributed by atoms with Crippen LogP contribution in [0.25, 0.3) is 6.08 Å². The van der Waals surface area contributed by atoms with Gasteiger partial charge < -0.3 is 9.47 Å². The fourth-order valence-electron chi connectivity index (χ4n) is 3.92. The summed E-state index contributed by atoms with van der Waals surface area (Å²) < 4.78 is 12.6. The van der Waals surface area contributed by atoms with E-state index in [1.54, 1.807) is 4.90 Å². The first kappa shape index (κ1) is 26.0. The van der Waals surface area contributed by atoms with Crippen molar-refractivity contribution < 1.29 is 14.3 Å².